The molecule has 1 aromatic heterocycles. The molecule has 2 aliphatic rings. The monoisotopic (exact) mass is 687 g/mol. The Morgan fingerprint density at radius 3 is 1.88 bits per heavy atom. The molecule has 8 aromatic rings. The van der Waals surface area contributed by atoms with Gasteiger partial charge in [-0.15, -0.1) is 11.3 Å². The third-order valence-corrected chi connectivity index (χ3v) is 12.4. The molecule has 0 radical (unpaired) electrons. The summed E-state index contributed by atoms with van der Waals surface area (Å²) in [5, 5.41) is 2.59. The van der Waals surface area contributed by atoms with Crippen molar-refractivity contribution in [2.45, 2.75) is 41.5 Å². The molecule has 0 amide bonds. The van der Waals surface area contributed by atoms with Gasteiger partial charge in [-0.1, -0.05) is 96.1 Å². The van der Waals surface area contributed by atoms with Crippen LogP contribution in [0.25, 0.3) is 53.6 Å². The first kappa shape index (κ1) is 31.2. The molecule has 0 saturated carbocycles. The number of fused-ring (bicyclic) bond motifs is 8. The van der Waals surface area contributed by atoms with Gasteiger partial charge < -0.3 is 9.55 Å². The number of thiophene rings is 1. The summed E-state index contributed by atoms with van der Waals surface area (Å²) in [7, 11) is 0. The molecule has 7 aromatic carbocycles. The van der Waals surface area contributed by atoms with E-state index in [0.29, 0.717) is 0 Å². The zero-order chi connectivity index (χ0) is 35.4. The molecule has 0 fully saturated rings. The van der Waals surface area contributed by atoms with Crippen molar-refractivity contribution in [1.29, 1.82) is 0 Å². The van der Waals surface area contributed by atoms with Gasteiger partial charge in [-0.05, 0) is 133 Å². The zero-order valence-corrected chi connectivity index (χ0v) is 31.2. The third kappa shape index (κ3) is 4.57. The topological polar surface area (TPSA) is 12.5 Å². The highest BCUT2D eigenvalue weighted by atomic mass is 32.1. The van der Waals surface area contributed by atoms with E-state index in [1.54, 1.807) is 0 Å². The van der Waals surface area contributed by atoms with Crippen molar-refractivity contribution in [2.75, 3.05) is 4.90 Å². The average molecular weight is 688 g/mol. The molecular formula is C48H38BNOS. The molecular weight excluding hydrogens is 649 g/mol. The van der Waals surface area contributed by atoms with Crippen LogP contribution in [0.2, 0.25) is 0 Å². The van der Waals surface area contributed by atoms with Crippen molar-refractivity contribution in [2.24, 2.45) is 0 Å². The van der Waals surface area contributed by atoms with Crippen molar-refractivity contribution < 1.29 is 4.65 Å². The van der Waals surface area contributed by atoms with E-state index in [9.17, 15) is 0 Å². The summed E-state index contributed by atoms with van der Waals surface area (Å²) in [6, 6.07) is 45.3. The standard InChI is InChI=1S/C48H38BNOS/c1-27-21-29(3)44(30(4)22-27)33-15-18-35(19-16-33)50-41-20-17-34(45-31(5)23-28(2)24-32(45)6)25-40(41)49-46-38(36-11-7-9-13-42(36)51-49)26-39-37-12-8-10-14-43(37)52-48(39)47(46)50/h7-26H,1-6H3. The summed E-state index contributed by atoms with van der Waals surface area (Å²) in [4.78, 5) is 2.52. The molecule has 52 heavy (non-hydrogen) atoms. The van der Waals surface area contributed by atoms with Gasteiger partial charge in [0.05, 0.1) is 10.4 Å². The normalized spacial score (nSPS) is 12.9. The van der Waals surface area contributed by atoms with Gasteiger partial charge in [-0.2, -0.15) is 0 Å². The summed E-state index contributed by atoms with van der Waals surface area (Å²) >= 11 is 1.89. The van der Waals surface area contributed by atoms with Crippen LogP contribution in [0.5, 0.6) is 5.75 Å². The Morgan fingerprint density at radius 1 is 0.558 bits per heavy atom. The van der Waals surface area contributed by atoms with E-state index in [1.165, 1.54) is 98.0 Å². The Kier molecular flexibility index (Phi) is 6.88. The second-order valence-corrected chi connectivity index (χ2v) is 15.9. The van der Waals surface area contributed by atoms with Crippen LogP contribution in [-0.2, 0) is 0 Å². The molecule has 0 unspecified atom stereocenters. The van der Waals surface area contributed by atoms with E-state index >= 15 is 0 Å². The van der Waals surface area contributed by atoms with Gasteiger partial charge in [-0.3, -0.25) is 0 Å². The van der Waals surface area contributed by atoms with Gasteiger partial charge in [0.1, 0.15) is 5.75 Å². The highest BCUT2D eigenvalue weighted by Crippen LogP contribution is 2.50. The minimum absolute atomic E-state index is 0.246. The minimum Gasteiger partial charge on any atom is -0.551 e. The fourth-order valence-corrected chi connectivity index (χ4v) is 10.6. The van der Waals surface area contributed by atoms with Crippen molar-refractivity contribution in [3.8, 4) is 39.1 Å². The van der Waals surface area contributed by atoms with E-state index in [-0.39, 0.29) is 6.92 Å². The lowest BCUT2D eigenvalue weighted by molar-refractivity contribution is 0.590. The lowest BCUT2D eigenvalue weighted by Crippen LogP contribution is -2.56. The number of rotatable bonds is 3. The lowest BCUT2D eigenvalue weighted by Gasteiger charge is -2.40. The predicted molar refractivity (Wildman–Crippen MR) is 224 cm³/mol. The second kappa shape index (κ2) is 11.5. The van der Waals surface area contributed by atoms with Gasteiger partial charge in [0, 0.05) is 37.9 Å². The quantitative estimate of drug-likeness (QED) is 0.171. The van der Waals surface area contributed by atoms with E-state index < -0.39 is 0 Å². The van der Waals surface area contributed by atoms with Crippen LogP contribution in [0, 0.1) is 41.5 Å². The average Bonchev–Trinajstić information content (AvgIpc) is 3.50. The zero-order valence-electron chi connectivity index (χ0n) is 30.4. The molecule has 0 saturated heterocycles. The van der Waals surface area contributed by atoms with Gasteiger partial charge in [-0.25, -0.2) is 0 Å². The fraction of sp³-hybridized carbons (Fsp3) is 0.125. The van der Waals surface area contributed by atoms with Crippen LogP contribution in [-0.4, -0.2) is 6.92 Å². The summed E-state index contributed by atoms with van der Waals surface area (Å²) < 4.78 is 9.73. The largest absolute Gasteiger partial charge is 0.551 e. The Morgan fingerprint density at radius 2 is 1.17 bits per heavy atom. The van der Waals surface area contributed by atoms with Gasteiger partial charge in [0.25, 0.3) is 0 Å². The van der Waals surface area contributed by atoms with Gasteiger partial charge in [0.2, 0.25) is 0 Å². The Bertz CT molecular complexity index is 2750. The summed E-state index contributed by atoms with van der Waals surface area (Å²) in [5.74, 6) is 0.936. The molecule has 0 aliphatic carbocycles. The highest BCUT2D eigenvalue weighted by Gasteiger charge is 2.44. The third-order valence-electron chi connectivity index (χ3n) is 11.2. The fourth-order valence-electron chi connectivity index (χ4n) is 9.32. The maximum Gasteiger partial charge on any atom is 0.431 e. The van der Waals surface area contributed by atoms with E-state index in [4.69, 9.17) is 4.65 Å². The predicted octanol–water partition coefficient (Wildman–Crippen LogP) is 12.2. The van der Waals surface area contributed by atoms with Crippen LogP contribution in [0.15, 0.2) is 121 Å². The van der Waals surface area contributed by atoms with Gasteiger partial charge in [0.15, 0.2) is 0 Å². The summed E-state index contributed by atoms with van der Waals surface area (Å²) in [5.41, 5.74) is 21.3. The van der Waals surface area contributed by atoms with Crippen LogP contribution in [0.3, 0.4) is 0 Å². The molecule has 0 bridgehead atoms. The first-order valence-electron chi connectivity index (χ1n) is 18.2. The van der Waals surface area contributed by atoms with Crippen LogP contribution in [0.4, 0.5) is 17.1 Å². The Balaban J connectivity index is 1.28. The lowest BCUT2D eigenvalue weighted by atomic mass is 9.49. The highest BCUT2D eigenvalue weighted by molar-refractivity contribution is 7.26. The minimum atomic E-state index is -0.246. The number of benzene rings is 7. The van der Waals surface area contributed by atoms with E-state index in [2.05, 4.69) is 168 Å². The number of hydrogen-bond donors (Lipinski definition) is 0. The maximum absolute atomic E-state index is 7.13. The number of anilines is 3. The van der Waals surface area contributed by atoms with Crippen molar-refractivity contribution in [3.63, 3.8) is 0 Å². The molecule has 0 N–H and O–H groups in total. The first-order valence-corrected chi connectivity index (χ1v) is 19.0. The SMILES string of the molecule is Cc1cc(C)c(-c2ccc(N3c4ccc(-c5c(C)cc(C)cc5C)cc4B4Oc5ccccc5-c5cc6c(sc7ccccc76)c3c54)cc2)c(C)c1. The molecule has 2 aliphatic heterocycles. The molecule has 0 atom stereocenters. The van der Waals surface area contributed by atoms with Gasteiger partial charge >= 0.3 is 6.92 Å². The summed E-state index contributed by atoms with van der Waals surface area (Å²) in [6.07, 6.45) is 0. The Labute approximate surface area is 310 Å². The second-order valence-electron chi connectivity index (χ2n) is 14.9. The van der Waals surface area contributed by atoms with Crippen molar-refractivity contribution in [3.05, 3.63) is 155 Å². The number of para-hydroxylation sites is 1. The molecule has 4 heteroatoms. The molecule has 250 valence electrons. The number of hydrogen-bond acceptors (Lipinski definition) is 3. The number of aryl methyl sites for hydroxylation is 6. The van der Waals surface area contributed by atoms with E-state index in [1.807, 2.05) is 11.3 Å². The van der Waals surface area contributed by atoms with Crippen molar-refractivity contribution >= 4 is 66.4 Å². The molecule has 2 nitrogen and oxygen atoms in total. The van der Waals surface area contributed by atoms with E-state index in [0.717, 1.165) is 22.7 Å². The van der Waals surface area contributed by atoms with Crippen LogP contribution in [0.1, 0.15) is 33.4 Å². The molecule has 3 heterocycles. The molecule has 10 rings (SSSR count). The van der Waals surface area contributed by atoms with Crippen molar-refractivity contribution in [1.82, 2.24) is 0 Å². The summed E-state index contributed by atoms with van der Waals surface area (Å²) in [6.45, 7) is 13.0. The smallest absolute Gasteiger partial charge is 0.431 e. The number of nitrogens with zero attached hydrogens (tertiary/aromatic N) is 1. The first-order chi connectivity index (χ1) is 25.2. The van der Waals surface area contributed by atoms with Crippen LogP contribution >= 0.6 is 11.3 Å². The maximum atomic E-state index is 7.13. The Hall–Kier alpha value is -5.58. The van der Waals surface area contributed by atoms with Crippen LogP contribution < -0.4 is 20.5 Å². The molecule has 0 spiro atoms.